The van der Waals surface area contributed by atoms with Crippen molar-refractivity contribution in [3.63, 3.8) is 0 Å². The Morgan fingerprint density at radius 3 is 2.71 bits per heavy atom. The zero-order valence-electron chi connectivity index (χ0n) is 13.1. The molecule has 1 fully saturated rings. The van der Waals surface area contributed by atoms with E-state index >= 15 is 0 Å². The monoisotopic (exact) mass is 373 g/mol. The zero-order valence-corrected chi connectivity index (χ0v) is 14.8. The van der Waals surface area contributed by atoms with E-state index in [1.165, 1.54) is 31.0 Å². The second-order valence-corrected chi connectivity index (χ2v) is 9.06. The number of hydrogen-bond acceptors (Lipinski definition) is 6. The third kappa shape index (κ3) is 5.50. The van der Waals surface area contributed by atoms with Gasteiger partial charge in [-0.15, -0.1) is 11.8 Å². The average Bonchev–Trinajstić information content (AvgIpc) is 2.84. The highest BCUT2D eigenvalue weighted by Gasteiger charge is 2.28. The van der Waals surface area contributed by atoms with Crippen LogP contribution in [-0.4, -0.2) is 55.0 Å². The molecule has 132 valence electrons. The van der Waals surface area contributed by atoms with E-state index in [-0.39, 0.29) is 40.6 Å². The highest BCUT2D eigenvalue weighted by molar-refractivity contribution is 8.02. The van der Waals surface area contributed by atoms with Crippen molar-refractivity contribution in [2.45, 2.75) is 18.3 Å². The molecule has 0 radical (unpaired) electrons. The van der Waals surface area contributed by atoms with Gasteiger partial charge in [-0.25, -0.2) is 13.2 Å². The quantitative estimate of drug-likeness (QED) is 0.743. The number of carboxylic acids is 1. The summed E-state index contributed by atoms with van der Waals surface area (Å²) in [6, 6.07) is 4.52. The Labute approximate surface area is 144 Å². The van der Waals surface area contributed by atoms with E-state index in [0.29, 0.717) is 17.7 Å². The van der Waals surface area contributed by atoms with Crippen LogP contribution in [0.4, 0.5) is 5.69 Å². The van der Waals surface area contributed by atoms with Crippen LogP contribution in [0, 0.1) is 0 Å². The summed E-state index contributed by atoms with van der Waals surface area (Å²) in [7, 11) is -1.46. The number of amides is 1. The second kappa shape index (κ2) is 8.00. The van der Waals surface area contributed by atoms with Gasteiger partial charge in [-0.05, 0) is 30.2 Å². The van der Waals surface area contributed by atoms with E-state index < -0.39 is 15.8 Å². The Hall–Kier alpha value is -1.58. The van der Waals surface area contributed by atoms with Crippen LogP contribution >= 0.6 is 11.8 Å². The smallest absolute Gasteiger partial charge is 0.335 e. The number of hydrogen-bond donors (Lipinski definition) is 2. The summed E-state index contributed by atoms with van der Waals surface area (Å²) in [5.41, 5.74) is 1.09. The second-order valence-electron chi connectivity index (χ2n) is 5.54. The molecular weight excluding hydrogens is 354 g/mol. The molecule has 1 aromatic rings. The predicted octanol–water partition coefficient (Wildman–Crippen LogP) is 1.39. The number of ether oxygens (including phenoxy) is 1. The number of anilines is 1. The molecule has 1 saturated heterocycles. The van der Waals surface area contributed by atoms with Gasteiger partial charge in [0.1, 0.15) is 0 Å². The van der Waals surface area contributed by atoms with E-state index in [4.69, 9.17) is 9.84 Å². The number of carbonyl (C=O) groups is 2. The van der Waals surface area contributed by atoms with E-state index in [0.717, 1.165) is 0 Å². The Morgan fingerprint density at radius 2 is 2.12 bits per heavy atom. The Kier molecular flexibility index (Phi) is 6.25. The van der Waals surface area contributed by atoms with Gasteiger partial charge in [-0.1, -0.05) is 0 Å². The van der Waals surface area contributed by atoms with Crippen molar-refractivity contribution in [3.05, 3.63) is 29.3 Å². The largest absolute Gasteiger partial charge is 0.478 e. The standard InChI is InChI=1S/C15H19NO6S2/c1-22-7-10-4-11(15(18)19)6-12(5-10)16-14(17)8-23-13-2-3-24(20,21)9-13/h4-6,13H,2-3,7-9H2,1H3,(H,16,17)(H,18,19). The third-order valence-corrected chi connectivity index (χ3v) is 6.76. The van der Waals surface area contributed by atoms with Gasteiger partial charge < -0.3 is 15.2 Å². The van der Waals surface area contributed by atoms with Crippen molar-refractivity contribution >= 4 is 39.2 Å². The Bertz CT molecular complexity index is 731. The van der Waals surface area contributed by atoms with Gasteiger partial charge in [-0.2, -0.15) is 0 Å². The number of thioether (sulfide) groups is 1. The van der Waals surface area contributed by atoms with Crippen LogP contribution in [0.1, 0.15) is 22.3 Å². The summed E-state index contributed by atoms with van der Waals surface area (Å²) in [6.07, 6.45) is 0.562. The minimum absolute atomic E-state index is 0.0600. The summed E-state index contributed by atoms with van der Waals surface area (Å²) < 4.78 is 27.8. The van der Waals surface area contributed by atoms with Crippen LogP contribution in [-0.2, 0) is 26.0 Å². The fourth-order valence-corrected chi connectivity index (χ4v) is 5.86. The van der Waals surface area contributed by atoms with Crippen LogP contribution in [0.5, 0.6) is 0 Å². The molecule has 1 aromatic carbocycles. The maximum absolute atomic E-state index is 12.0. The maximum Gasteiger partial charge on any atom is 0.335 e. The molecule has 1 atom stereocenters. The first-order chi connectivity index (χ1) is 11.3. The zero-order chi connectivity index (χ0) is 17.7. The minimum Gasteiger partial charge on any atom is -0.478 e. The number of rotatable bonds is 7. The maximum atomic E-state index is 12.0. The first-order valence-electron chi connectivity index (χ1n) is 7.27. The fraction of sp³-hybridized carbons (Fsp3) is 0.467. The van der Waals surface area contributed by atoms with E-state index in [2.05, 4.69) is 5.32 Å². The molecule has 0 spiro atoms. The lowest BCUT2D eigenvalue weighted by molar-refractivity contribution is -0.113. The van der Waals surface area contributed by atoms with Gasteiger partial charge in [0.25, 0.3) is 0 Å². The van der Waals surface area contributed by atoms with Crippen molar-refractivity contribution in [3.8, 4) is 0 Å². The first-order valence-corrected chi connectivity index (χ1v) is 10.1. The normalized spacial score (nSPS) is 19.1. The Morgan fingerprint density at radius 1 is 1.38 bits per heavy atom. The van der Waals surface area contributed by atoms with Gasteiger partial charge in [-0.3, -0.25) is 4.79 Å². The summed E-state index contributed by atoms with van der Waals surface area (Å²) >= 11 is 1.31. The van der Waals surface area contributed by atoms with E-state index in [9.17, 15) is 18.0 Å². The molecular formula is C15H19NO6S2. The summed E-state index contributed by atoms with van der Waals surface area (Å²) in [4.78, 5) is 23.2. The van der Waals surface area contributed by atoms with Crippen molar-refractivity contribution < 1.29 is 27.9 Å². The number of aromatic carboxylic acids is 1. The summed E-state index contributed by atoms with van der Waals surface area (Å²) in [5, 5.41) is 11.7. The van der Waals surface area contributed by atoms with Gasteiger partial charge in [0.05, 0.1) is 29.4 Å². The van der Waals surface area contributed by atoms with Crippen molar-refractivity contribution in [1.29, 1.82) is 0 Å². The van der Waals surface area contributed by atoms with Gasteiger partial charge in [0.2, 0.25) is 5.91 Å². The highest BCUT2D eigenvalue weighted by atomic mass is 32.2. The van der Waals surface area contributed by atoms with E-state index in [1.54, 1.807) is 6.07 Å². The molecule has 7 nitrogen and oxygen atoms in total. The van der Waals surface area contributed by atoms with Crippen LogP contribution in [0.15, 0.2) is 18.2 Å². The summed E-state index contributed by atoms with van der Waals surface area (Å²) in [6.45, 7) is 0.235. The lowest BCUT2D eigenvalue weighted by Crippen LogP contribution is -2.17. The third-order valence-electron chi connectivity index (χ3n) is 3.48. The number of benzene rings is 1. The molecule has 24 heavy (non-hydrogen) atoms. The molecule has 0 bridgehead atoms. The number of sulfone groups is 1. The molecule has 0 saturated carbocycles. The van der Waals surface area contributed by atoms with Crippen molar-refractivity contribution in [1.82, 2.24) is 0 Å². The fourth-order valence-electron chi connectivity index (χ4n) is 2.42. The molecule has 2 rings (SSSR count). The van der Waals surface area contributed by atoms with Crippen molar-refractivity contribution in [2.75, 3.05) is 29.7 Å². The Balaban J connectivity index is 1.96. The highest BCUT2D eigenvalue weighted by Crippen LogP contribution is 2.24. The average molecular weight is 373 g/mol. The number of nitrogens with one attached hydrogen (secondary N) is 1. The molecule has 0 aliphatic carbocycles. The minimum atomic E-state index is -2.96. The van der Waals surface area contributed by atoms with Gasteiger partial charge in [0, 0.05) is 18.0 Å². The number of carboxylic acid groups (broad SMARTS) is 1. The van der Waals surface area contributed by atoms with Crippen LogP contribution < -0.4 is 5.32 Å². The lowest BCUT2D eigenvalue weighted by Gasteiger charge is -2.10. The van der Waals surface area contributed by atoms with Crippen LogP contribution in [0.25, 0.3) is 0 Å². The predicted molar refractivity (Wildman–Crippen MR) is 92.3 cm³/mol. The van der Waals surface area contributed by atoms with Gasteiger partial charge in [0.15, 0.2) is 9.84 Å². The molecule has 9 heteroatoms. The summed E-state index contributed by atoms with van der Waals surface area (Å²) in [5.74, 6) is -0.980. The van der Waals surface area contributed by atoms with Crippen LogP contribution in [0.2, 0.25) is 0 Å². The molecule has 1 unspecified atom stereocenters. The van der Waals surface area contributed by atoms with Crippen LogP contribution in [0.3, 0.4) is 0 Å². The molecule has 1 aliphatic heterocycles. The number of methoxy groups -OCH3 is 1. The molecule has 2 N–H and O–H groups in total. The molecule has 1 heterocycles. The number of carbonyl (C=O) groups excluding carboxylic acids is 1. The molecule has 0 aromatic heterocycles. The van der Waals surface area contributed by atoms with Gasteiger partial charge >= 0.3 is 5.97 Å². The molecule has 1 aliphatic rings. The van der Waals surface area contributed by atoms with E-state index in [1.807, 2.05) is 0 Å². The lowest BCUT2D eigenvalue weighted by atomic mass is 10.1. The SMILES string of the molecule is COCc1cc(NC(=O)CSC2CCS(=O)(=O)C2)cc(C(=O)O)c1. The first kappa shape index (κ1) is 18.8. The topological polar surface area (TPSA) is 110 Å². The van der Waals surface area contributed by atoms with Crippen molar-refractivity contribution in [2.24, 2.45) is 0 Å². The molecule has 1 amide bonds.